The molecule has 4 amide bonds. The Labute approximate surface area is 511 Å². The number of hydrogen-bond acceptors (Lipinski definition) is 10. The Morgan fingerprint density at radius 3 is 1.57 bits per heavy atom. The molecule has 4 N–H and O–H groups in total. The van der Waals surface area contributed by atoms with Gasteiger partial charge in [0.05, 0.1) is 17.2 Å². The summed E-state index contributed by atoms with van der Waals surface area (Å²) in [5.41, 5.74) is 2.83. The number of carbonyl (C=O) groups is 4. The zero-order chi connectivity index (χ0) is 49.8. The number of benzene rings is 3. The molecule has 7 aromatic rings. The normalized spacial score (nSPS) is 15.0. The summed E-state index contributed by atoms with van der Waals surface area (Å²) in [5, 5.41) is 18.1. The van der Waals surface area contributed by atoms with Gasteiger partial charge in [0.2, 0.25) is 17.8 Å². The van der Waals surface area contributed by atoms with Crippen molar-refractivity contribution < 1.29 is 112 Å². The van der Waals surface area contributed by atoms with Crippen LogP contribution in [0.4, 0.5) is 17.6 Å². The summed E-state index contributed by atoms with van der Waals surface area (Å²) in [7, 11) is 0. The summed E-state index contributed by atoms with van der Waals surface area (Å²) in [6.07, 6.45) is 9.91. The molecule has 2 atom stereocenters. The second kappa shape index (κ2) is 37.6. The molecular weight excluding hydrogens is 1210 g/mol. The van der Waals surface area contributed by atoms with Crippen LogP contribution in [0.1, 0.15) is 96.4 Å². The minimum absolute atomic E-state index is 0. The van der Waals surface area contributed by atoms with Gasteiger partial charge in [-0.05, 0) is 94.5 Å². The number of hydrogen-bond donors (Lipinski definition) is 4. The number of pyridine rings is 4. The molecule has 0 radical (unpaired) electrons. The molecule has 2 unspecified atom stereocenters. The summed E-state index contributed by atoms with van der Waals surface area (Å²) in [6.45, 7) is 6.00. The van der Waals surface area contributed by atoms with Crippen LogP contribution in [0, 0.1) is 36.3 Å². The first-order valence-corrected chi connectivity index (χ1v) is 21.8. The van der Waals surface area contributed by atoms with Crippen LogP contribution in [-0.4, -0.2) is 108 Å². The van der Waals surface area contributed by atoms with Crippen LogP contribution in [0.15, 0.2) is 151 Å². The van der Waals surface area contributed by atoms with Crippen molar-refractivity contribution in [3.63, 3.8) is 0 Å². The smallest absolute Gasteiger partial charge is 1.00 e. The Morgan fingerprint density at radius 1 is 0.640 bits per heavy atom. The van der Waals surface area contributed by atoms with Gasteiger partial charge in [-0.2, -0.15) is 33.1 Å². The summed E-state index contributed by atoms with van der Waals surface area (Å²) in [5.74, 6) is -3.14. The van der Waals surface area contributed by atoms with Gasteiger partial charge in [0.25, 0.3) is 23.6 Å². The number of fused-ring (bicyclic) bond motifs is 3. The third-order valence-corrected chi connectivity index (χ3v) is 10.1. The maximum atomic E-state index is 12.8. The fourth-order valence-electron chi connectivity index (χ4n) is 6.46. The number of imide groups is 1. The van der Waals surface area contributed by atoms with Crippen molar-refractivity contribution in [2.75, 3.05) is 13.2 Å². The van der Waals surface area contributed by atoms with E-state index in [1.165, 1.54) is 68.0 Å². The molecule has 75 heavy (non-hydrogen) atoms. The molecule has 24 heteroatoms. The van der Waals surface area contributed by atoms with Crippen LogP contribution >= 0.6 is 15.9 Å². The zero-order valence-electron chi connectivity index (χ0n) is 40.6. The number of halogens is 8. The van der Waals surface area contributed by atoms with Gasteiger partial charge in [-0.3, -0.25) is 29.5 Å². The molecule has 13 nitrogen and oxygen atoms in total. The predicted octanol–water partition coefficient (Wildman–Crippen LogP) is -3.93. The van der Waals surface area contributed by atoms with Gasteiger partial charge in [-0.15, -0.1) is 0 Å². The van der Waals surface area contributed by atoms with Crippen molar-refractivity contribution in [3.8, 4) is 0 Å². The number of amides is 4. The second-order valence-corrected chi connectivity index (χ2v) is 15.5. The predicted molar refractivity (Wildman–Crippen MR) is 261 cm³/mol. The summed E-state index contributed by atoms with van der Waals surface area (Å²) in [6, 6.07) is 34.3. The van der Waals surface area contributed by atoms with Crippen LogP contribution in [0.5, 0.6) is 0 Å². The first kappa shape index (κ1) is 72.9. The Balaban J connectivity index is 0. The quantitative estimate of drug-likeness (QED) is 0.0439. The molecule has 4 aromatic heterocycles. The van der Waals surface area contributed by atoms with E-state index in [2.05, 4.69) is 57.9 Å². The second-order valence-electron chi connectivity index (χ2n) is 14.6. The van der Waals surface area contributed by atoms with E-state index < -0.39 is 29.5 Å². The first-order chi connectivity index (χ1) is 33.2. The molecule has 0 bridgehead atoms. The Hall–Kier alpha value is -4.16. The Bertz CT molecular complexity index is 2770. The zero-order valence-corrected chi connectivity index (χ0v) is 48.9. The van der Waals surface area contributed by atoms with E-state index in [4.69, 9.17) is 4.74 Å². The van der Waals surface area contributed by atoms with E-state index in [1.54, 1.807) is 66.7 Å². The van der Waals surface area contributed by atoms with E-state index in [0.29, 0.717) is 33.4 Å². The third kappa shape index (κ3) is 22.0. The van der Waals surface area contributed by atoms with Gasteiger partial charge in [-0.25, -0.2) is 31.5 Å². The molecule has 0 saturated carbocycles. The SMILES string of the molecule is C1CCOC1.C[CH-]C.Fc1cc[c-]cn1.Fc1ccc(Br)cn1.O=C1NC(=O)c2ccccc21.O=C1NC(O)(c2ccc(F)nc2)c2ccccc21.O=C1NC(c2ccc(F)nc2)c2ccccc21.[Br-].[Br-].[Cl-].[Li+].[Mg+2].[Mg+2]. The van der Waals surface area contributed by atoms with Crippen LogP contribution in [0.3, 0.4) is 0 Å². The molecule has 1 fully saturated rings. The van der Waals surface area contributed by atoms with Gasteiger partial charge in [0, 0.05) is 58.5 Å². The first-order valence-electron chi connectivity index (χ1n) is 21.0. The van der Waals surface area contributed by atoms with Crippen LogP contribution < -0.4 is 81.2 Å². The van der Waals surface area contributed by atoms with E-state index in [9.17, 15) is 41.8 Å². The standard InChI is InChI=1S/C13H9FN2O2.C13H9FN2O.C8H5NO2.C5H3BrFN.C5H3FN.C4H8O.C3H7.2BrH.ClH.Li.2Mg/c14-11-6-5-8(7-15-11)13(18)10-4-2-1-3-9(10)12(17)16-13;14-11-6-5-8(7-15-11)12-9-3-1-2-4-10(9)13(17)16-12;10-7-5-3-1-2-4-6(5)8(11)9-7;6-4-1-2-5(7)8-3-4;6-5-3-1-2-4-7-5;1-2-4-5-3-1;1-3-2;;;;;;/h1-7,18H,(H,16,17);1-7,12H,(H,16,17);1-4H,(H,9,10,11);1-3H;1,3-4H;1-4H2;3H,1-2H3;3*1H;;;/q;;;;-1;;-1;;;;+1;2*+2/p-3. The van der Waals surface area contributed by atoms with Crippen LogP contribution in [-0.2, 0) is 10.5 Å². The molecular formula is C51H44Br3ClF4LiMg2N7O6. The van der Waals surface area contributed by atoms with E-state index in [1.807, 2.05) is 38.5 Å². The number of rotatable bonds is 2. The number of aliphatic hydroxyl groups is 1. The van der Waals surface area contributed by atoms with Crippen molar-refractivity contribution >= 4 is 85.7 Å². The molecule has 0 spiro atoms. The number of carbonyl (C=O) groups excluding carboxylic acids is 4. The summed E-state index contributed by atoms with van der Waals surface area (Å²) >= 11 is 3.12. The van der Waals surface area contributed by atoms with Gasteiger partial charge < -0.3 is 73.3 Å². The van der Waals surface area contributed by atoms with Gasteiger partial charge in [0.1, 0.15) is 5.95 Å². The fraction of sp³-hybridized carbons (Fsp3) is 0.157. The molecule has 1 saturated heterocycles. The molecule has 380 valence electrons. The maximum Gasteiger partial charge on any atom is 2.00 e. The van der Waals surface area contributed by atoms with Gasteiger partial charge in [-0.1, -0.05) is 60.8 Å². The number of ether oxygens (including phenoxy) is 1. The van der Waals surface area contributed by atoms with Crippen molar-refractivity contribution in [2.24, 2.45) is 0 Å². The van der Waals surface area contributed by atoms with E-state index >= 15 is 0 Å². The number of aromatic nitrogens is 4. The number of nitrogens with one attached hydrogen (secondary N) is 3. The van der Waals surface area contributed by atoms with Crippen LogP contribution in [0.2, 0.25) is 0 Å². The maximum absolute atomic E-state index is 12.8. The average molecular weight is 1260 g/mol. The Kier molecular flexibility index (Phi) is 36.5. The molecule has 8 heterocycles. The van der Waals surface area contributed by atoms with Crippen molar-refractivity contribution in [2.45, 2.75) is 38.5 Å². The van der Waals surface area contributed by atoms with E-state index in [0.717, 1.165) is 34.9 Å². The van der Waals surface area contributed by atoms with Crippen molar-refractivity contribution in [1.29, 1.82) is 0 Å². The topological polar surface area (TPSA) is 185 Å². The van der Waals surface area contributed by atoms with Crippen LogP contribution in [0.25, 0.3) is 0 Å². The van der Waals surface area contributed by atoms with E-state index in [-0.39, 0.29) is 141 Å². The minimum Gasteiger partial charge on any atom is -1.00 e. The largest absolute Gasteiger partial charge is 2.00 e. The Morgan fingerprint density at radius 2 is 1.13 bits per heavy atom. The average Bonchev–Trinajstić information content (AvgIpc) is 4.17. The molecule has 11 rings (SSSR count). The van der Waals surface area contributed by atoms with Gasteiger partial charge in [0.15, 0.2) is 5.72 Å². The van der Waals surface area contributed by atoms with Crippen molar-refractivity contribution in [1.82, 2.24) is 35.9 Å². The van der Waals surface area contributed by atoms with Gasteiger partial charge >= 0.3 is 65.0 Å². The van der Waals surface area contributed by atoms with Crippen molar-refractivity contribution in [3.05, 3.63) is 231 Å². The molecule has 4 aliphatic heterocycles. The molecule has 4 aliphatic rings. The summed E-state index contributed by atoms with van der Waals surface area (Å²) < 4.78 is 55.0. The monoisotopic (exact) mass is 1250 g/mol. The minimum atomic E-state index is -1.64. The summed E-state index contributed by atoms with van der Waals surface area (Å²) in [4.78, 5) is 59.1. The molecule has 3 aromatic carbocycles. The third-order valence-electron chi connectivity index (χ3n) is 9.62. The fourth-order valence-corrected chi connectivity index (χ4v) is 6.70. The molecule has 0 aliphatic carbocycles. The number of nitrogens with zero attached hydrogens (tertiary/aromatic N) is 4.